The van der Waals surface area contributed by atoms with E-state index in [-0.39, 0.29) is 5.91 Å². The van der Waals surface area contributed by atoms with Crippen LogP contribution in [0.5, 0.6) is 5.75 Å². The van der Waals surface area contributed by atoms with E-state index in [0.717, 1.165) is 27.5 Å². The minimum atomic E-state index is -0.535. The number of hydrogen-bond acceptors (Lipinski definition) is 4. The second-order valence-corrected chi connectivity index (χ2v) is 6.87. The molecule has 0 saturated heterocycles. The number of nitrogens with one attached hydrogen (secondary N) is 1. The molecule has 0 spiro atoms. The minimum absolute atomic E-state index is 0.0436. The molecule has 1 atom stereocenters. The van der Waals surface area contributed by atoms with Gasteiger partial charge in [0.25, 0.3) is 0 Å². The van der Waals surface area contributed by atoms with E-state index in [0.29, 0.717) is 11.4 Å². The number of benzene rings is 3. The molecule has 1 heterocycles. The first-order valence-corrected chi connectivity index (χ1v) is 9.10. The molecule has 1 N–H and O–H groups in total. The molecule has 142 valence electrons. The number of anilines is 1. The number of methoxy groups -OCH3 is 1. The van der Waals surface area contributed by atoms with Crippen molar-refractivity contribution in [3.8, 4) is 5.75 Å². The number of rotatable bonds is 5. The normalized spacial score (nSPS) is 12.1. The molecule has 0 radical (unpaired) electrons. The molecule has 5 nitrogen and oxygen atoms in total. The van der Waals surface area contributed by atoms with Gasteiger partial charge in [-0.25, -0.2) is 0 Å². The third-order valence-corrected chi connectivity index (χ3v) is 4.82. The van der Waals surface area contributed by atoms with Gasteiger partial charge in [-0.05, 0) is 17.7 Å². The van der Waals surface area contributed by atoms with Crippen LogP contribution < -0.4 is 10.1 Å². The van der Waals surface area contributed by atoms with Gasteiger partial charge in [0.05, 0.1) is 12.8 Å². The van der Waals surface area contributed by atoms with E-state index < -0.39 is 6.04 Å². The molecule has 28 heavy (non-hydrogen) atoms. The van der Waals surface area contributed by atoms with Crippen molar-refractivity contribution in [1.29, 1.82) is 0 Å². The molecule has 0 aliphatic carbocycles. The number of para-hydroxylation sites is 1. The van der Waals surface area contributed by atoms with E-state index in [1.165, 1.54) is 0 Å². The molecule has 0 fully saturated rings. The molecule has 1 aromatic heterocycles. The van der Waals surface area contributed by atoms with Crippen molar-refractivity contribution in [3.05, 3.63) is 72.3 Å². The smallest absolute Gasteiger partial charge is 0.249 e. The highest BCUT2D eigenvalue weighted by atomic mass is 16.5. The Morgan fingerprint density at radius 2 is 1.68 bits per heavy atom. The van der Waals surface area contributed by atoms with Gasteiger partial charge >= 0.3 is 0 Å². The zero-order valence-corrected chi connectivity index (χ0v) is 16.1. The lowest BCUT2D eigenvalue weighted by molar-refractivity contribution is -0.129. The van der Waals surface area contributed by atoms with E-state index in [2.05, 4.69) is 5.32 Å². The summed E-state index contributed by atoms with van der Waals surface area (Å²) in [6, 6.07) is 20.9. The monoisotopic (exact) mass is 374 g/mol. The Balaban J connectivity index is 1.82. The average molecular weight is 374 g/mol. The van der Waals surface area contributed by atoms with Crippen LogP contribution in [0.1, 0.15) is 11.6 Å². The molecule has 1 amide bonds. The molecule has 0 saturated carbocycles. The van der Waals surface area contributed by atoms with E-state index in [4.69, 9.17) is 9.15 Å². The summed E-state index contributed by atoms with van der Waals surface area (Å²) in [6.45, 7) is 0. The van der Waals surface area contributed by atoms with E-state index >= 15 is 0 Å². The third-order valence-electron chi connectivity index (χ3n) is 4.82. The van der Waals surface area contributed by atoms with E-state index in [9.17, 15) is 4.79 Å². The van der Waals surface area contributed by atoms with Gasteiger partial charge in [-0.15, -0.1) is 0 Å². The summed E-state index contributed by atoms with van der Waals surface area (Å²) in [5.74, 6) is 0.615. The molecular weight excluding hydrogens is 352 g/mol. The van der Waals surface area contributed by atoms with Crippen LogP contribution in [0.3, 0.4) is 0 Å². The Morgan fingerprint density at radius 3 is 2.39 bits per heavy atom. The fourth-order valence-electron chi connectivity index (χ4n) is 3.38. The van der Waals surface area contributed by atoms with Crippen molar-refractivity contribution in [3.63, 3.8) is 0 Å². The maximum absolute atomic E-state index is 12.9. The first-order valence-electron chi connectivity index (χ1n) is 9.10. The van der Waals surface area contributed by atoms with Crippen molar-refractivity contribution in [2.75, 3.05) is 26.5 Å². The Morgan fingerprint density at radius 1 is 0.964 bits per heavy atom. The number of fused-ring (bicyclic) bond motifs is 3. The lowest BCUT2D eigenvalue weighted by atomic mass is 10.0. The van der Waals surface area contributed by atoms with Crippen molar-refractivity contribution in [2.24, 2.45) is 0 Å². The van der Waals surface area contributed by atoms with Crippen LogP contribution in [0.4, 0.5) is 5.69 Å². The summed E-state index contributed by atoms with van der Waals surface area (Å²) in [6.07, 6.45) is 0. The van der Waals surface area contributed by atoms with E-state index in [1.54, 1.807) is 26.1 Å². The van der Waals surface area contributed by atoms with Crippen LogP contribution in [0.15, 0.2) is 71.1 Å². The molecule has 3 aromatic carbocycles. The number of carbonyl (C=O) groups excluding carboxylic acids is 1. The third kappa shape index (κ3) is 3.16. The van der Waals surface area contributed by atoms with E-state index in [1.807, 2.05) is 66.7 Å². The second kappa shape index (κ2) is 7.27. The summed E-state index contributed by atoms with van der Waals surface area (Å²) in [5, 5.41) is 5.37. The van der Waals surface area contributed by atoms with Crippen molar-refractivity contribution in [1.82, 2.24) is 4.90 Å². The van der Waals surface area contributed by atoms with Crippen LogP contribution in [0, 0.1) is 0 Å². The maximum atomic E-state index is 12.9. The number of ether oxygens (including phenoxy) is 1. The first kappa shape index (κ1) is 17.9. The zero-order valence-electron chi connectivity index (χ0n) is 16.1. The largest absolute Gasteiger partial charge is 0.495 e. The predicted octanol–water partition coefficient (Wildman–Crippen LogP) is 4.84. The summed E-state index contributed by atoms with van der Waals surface area (Å²) in [7, 11) is 5.12. The topological polar surface area (TPSA) is 54.7 Å². The van der Waals surface area contributed by atoms with Gasteiger partial charge in [-0.2, -0.15) is 0 Å². The number of hydrogen-bond donors (Lipinski definition) is 1. The highest BCUT2D eigenvalue weighted by Gasteiger charge is 2.24. The molecule has 0 aliphatic rings. The van der Waals surface area contributed by atoms with Crippen LogP contribution in [-0.4, -0.2) is 32.0 Å². The second-order valence-electron chi connectivity index (χ2n) is 6.87. The van der Waals surface area contributed by atoms with Crippen LogP contribution >= 0.6 is 0 Å². The van der Waals surface area contributed by atoms with Gasteiger partial charge in [-0.1, -0.05) is 48.5 Å². The fraction of sp³-hybridized carbons (Fsp3) is 0.174. The zero-order chi connectivity index (χ0) is 19.7. The predicted molar refractivity (Wildman–Crippen MR) is 112 cm³/mol. The number of amides is 1. The number of likely N-dealkylation sites (N-methyl/N-ethyl adjacent to an activating group) is 1. The standard InChI is InChI=1S/C23H22N2O3/c1-25(2)23(26)22(15-9-5-4-6-10-15)24-18-14-20-17(13-21(18)27-3)16-11-7-8-12-19(16)28-20/h4-14,22,24H,1-3H3/t22-/m1/s1. The van der Waals surface area contributed by atoms with Crippen LogP contribution in [0.2, 0.25) is 0 Å². The highest BCUT2D eigenvalue weighted by Crippen LogP contribution is 2.37. The van der Waals surface area contributed by atoms with Gasteiger partial charge in [0.1, 0.15) is 23.0 Å². The number of furan rings is 1. The van der Waals surface area contributed by atoms with Crippen LogP contribution in [0.25, 0.3) is 21.9 Å². The van der Waals surface area contributed by atoms with Gasteiger partial charge in [0, 0.05) is 30.9 Å². The minimum Gasteiger partial charge on any atom is -0.495 e. The van der Waals surface area contributed by atoms with Crippen molar-refractivity contribution < 1.29 is 13.9 Å². The van der Waals surface area contributed by atoms with Gasteiger partial charge in [0.15, 0.2) is 0 Å². The molecule has 5 heteroatoms. The highest BCUT2D eigenvalue weighted by molar-refractivity contribution is 6.06. The summed E-state index contributed by atoms with van der Waals surface area (Å²) < 4.78 is 11.6. The Hall–Kier alpha value is -3.47. The molecule has 4 rings (SSSR count). The lowest BCUT2D eigenvalue weighted by Gasteiger charge is -2.24. The summed E-state index contributed by atoms with van der Waals surface area (Å²) in [5.41, 5.74) is 3.15. The quantitative estimate of drug-likeness (QED) is 0.543. The molecule has 0 bridgehead atoms. The Bertz CT molecular complexity index is 1130. The van der Waals surface area contributed by atoms with Crippen molar-refractivity contribution in [2.45, 2.75) is 6.04 Å². The SMILES string of the molecule is COc1cc2c(cc1N[C@@H](C(=O)N(C)C)c1ccccc1)oc1ccccc12. The molecular formula is C23H22N2O3. The summed E-state index contributed by atoms with van der Waals surface area (Å²) >= 11 is 0. The van der Waals surface area contributed by atoms with Gasteiger partial charge in [0.2, 0.25) is 5.91 Å². The summed E-state index contributed by atoms with van der Waals surface area (Å²) in [4.78, 5) is 14.4. The molecule has 0 unspecified atom stereocenters. The fourth-order valence-corrected chi connectivity index (χ4v) is 3.38. The van der Waals surface area contributed by atoms with Gasteiger partial charge < -0.3 is 19.4 Å². The maximum Gasteiger partial charge on any atom is 0.249 e. The Labute approximate surface area is 163 Å². The Kier molecular flexibility index (Phi) is 4.65. The lowest BCUT2D eigenvalue weighted by Crippen LogP contribution is -2.32. The molecule has 4 aromatic rings. The van der Waals surface area contributed by atoms with Crippen molar-refractivity contribution >= 4 is 33.5 Å². The van der Waals surface area contributed by atoms with Crippen LogP contribution in [-0.2, 0) is 4.79 Å². The number of carbonyl (C=O) groups is 1. The number of nitrogens with zero attached hydrogens (tertiary/aromatic N) is 1. The molecule has 0 aliphatic heterocycles. The first-order chi connectivity index (χ1) is 13.6. The average Bonchev–Trinajstić information content (AvgIpc) is 3.08. The van der Waals surface area contributed by atoms with Gasteiger partial charge in [-0.3, -0.25) is 4.79 Å².